The molecule has 1 aliphatic rings. The van der Waals surface area contributed by atoms with Crippen LogP contribution in [0, 0.1) is 0 Å². The molecule has 1 N–H and O–H groups in total. The average molecular weight is 581 g/mol. The number of furan rings is 1. The number of aromatic nitrogens is 2. The molecule has 1 aliphatic heterocycles. The van der Waals surface area contributed by atoms with Gasteiger partial charge in [-0.1, -0.05) is 58.0 Å². The van der Waals surface area contributed by atoms with Crippen LogP contribution in [-0.4, -0.2) is 25.7 Å². The fourth-order valence-corrected chi connectivity index (χ4v) is 4.59. The number of aryl methyl sites for hydroxylation is 1. The van der Waals surface area contributed by atoms with Crippen molar-refractivity contribution in [1.82, 2.24) is 20.0 Å². The lowest BCUT2D eigenvalue weighted by atomic mass is 10.3. The standard InChI is InChI=1S/C21H15Cl5N4O3S/c1-2-29-7-10(6-27-29)8-30-20(31)13(28-21(30)34)5-11-3-4-12(33-11)9-32-19-17(25)15(23)14(22)16(24)18(19)26/h3-7H,2,8-9H2,1H3,(H,28,34)/b13-5+. The van der Waals surface area contributed by atoms with Gasteiger partial charge in [-0.05, 0) is 31.3 Å². The fourth-order valence-electron chi connectivity index (χ4n) is 3.11. The van der Waals surface area contributed by atoms with E-state index in [9.17, 15) is 4.79 Å². The normalized spacial score (nSPS) is 14.9. The molecule has 0 aliphatic carbocycles. The molecule has 1 saturated heterocycles. The Kier molecular flexibility index (Phi) is 7.66. The lowest BCUT2D eigenvalue weighted by Crippen LogP contribution is -2.29. The van der Waals surface area contributed by atoms with Crippen molar-refractivity contribution in [1.29, 1.82) is 0 Å². The van der Waals surface area contributed by atoms with Crippen molar-refractivity contribution in [3.63, 3.8) is 0 Å². The van der Waals surface area contributed by atoms with Gasteiger partial charge in [0.1, 0.15) is 33.9 Å². The minimum Gasteiger partial charge on any atom is -0.482 e. The molecule has 4 rings (SSSR count). The predicted octanol–water partition coefficient (Wildman–Crippen LogP) is 6.60. The van der Waals surface area contributed by atoms with Gasteiger partial charge in [0.2, 0.25) is 0 Å². The van der Waals surface area contributed by atoms with Crippen LogP contribution in [0.5, 0.6) is 5.75 Å². The first-order valence-corrected chi connectivity index (χ1v) is 12.1. The average Bonchev–Trinajstić information content (AvgIpc) is 3.53. The molecule has 0 spiro atoms. The van der Waals surface area contributed by atoms with Gasteiger partial charge in [0.05, 0.1) is 27.8 Å². The molecule has 2 aromatic heterocycles. The van der Waals surface area contributed by atoms with Crippen LogP contribution in [0.1, 0.15) is 24.0 Å². The first kappa shape index (κ1) is 25.2. The highest BCUT2D eigenvalue weighted by Crippen LogP contribution is 2.48. The molecule has 0 unspecified atom stereocenters. The lowest BCUT2D eigenvalue weighted by molar-refractivity contribution is -0.122. The number of ether oxygens (including phenoxy) is 1. The van der Waals surface area contributed by atoms with Gasteiger partial charge in [-0.3, -0.25) is 14.4 Å². The van der Waals surface area contributed by atoms with Crippen LogP contribution in [0.15, 0.2) is 34.6 Å². The molecule has 13 heteroatoms. The van der Waals surface area contributed by atoms with E-state index in [0.717, 1.165) is 12.1 Å². The van der Waals surface area contributed by atoms with Crippen LogP contribution >= 0.6 is 70.2 Å². The van der Waals surface area contributed by atoms with Crippen LogP contribution in [0.25, 0.3) is 6.08 Å². The van der Waals surface area contributed by atoms with Gasteiger partial charge in [-0.15, -0.1) is 0 Å². The number of hydrogen-bond acceptors (Lipinski definition) is 5. The van der Waals surface area contributed by atoms with E-state index in [2.05, 4.69) is 10.4 Å². The first-order chi connectivity index (χ1) is 16.2. The smallest absolute Gasteiger partial charge is 0.276 e. The SMILES string of the molecule is CCn1cc(CN2C(=O)/C(=C\c3ccc(COc4c(Cl)c(Cl)c(Cl)c(Cl)c4Cl)o3)NC2=S)cn1. The second-order valence-corrected chi connectivity index (χ2v) is 9.35. The molecule has 34 heavy (non-hydrogen) atoms. The highest BCUT2D eigenvalue weighted by atomic mass is 35.5. The molecule has 0 atom stereocenters. The molecule has 178 valence electrons. The maximum Gasteiger partial charge on any atom is 0.276 e. The Hall–Kier alpha value is -1.94. The zero-order valence-electron chi connectivity index (χ0n) is 17.4. The van der Waals surface area contributed by atoms with Gasteiger partial charge in [-0.2, -0.15) is 5.10 Å². The van der Waals surface area contributed by atoms with Crippen LogP contribution < -0.4 is 10.1 Å². The van der Waals surface area contributed by atoms with Crippen molar-refractivity contribution in [2.45, 2.75) is 26.6 Å². The minimum atomic E-state index is -0.271. The number of nitrogens with one attached hydrogen (secondary N) is 1. The summed E-state index contributed by atoms with van der Waals surface area (Å²) in [6, 6.07) is 3.37. The summed E-state index contributed by atoms with van der Waals surface area (Å²) in [5.74, 6) is 0.673. The van der Waals surface area contributed by atoms with Crippen molar-refractivity contribution in [3.8, 4) is 5.75 Å². The molecule has 3 aromatic rings. The van der Waals surface area contributed by atoms with Gasteiger partial charge in [0, 0.05) is 24.4 Å². The number of rotatable bonds is 7. The quantitative estimate of drug-likeness (QED) is 0.147. The minimum absolute atomic E-state index is 0.0236. The number of amides is 1. The van der Waals surface area contributed by atoms with Gasteiger partial charge in [0.15, 0.2) is 10.9 Å². The number of hydrogen-bond donors (Lipinski definition) is 1. The fraction of sp³-hybridized carbons (Fsp3) is 0.190. The topological polar surface area (TPSA) is 72.5 Å². The molecule has 7 nitrogen and oxygen atoms in total. The number of nitrogens with zero attached hydrogens (tertiary/aromatic N) is 3. The Morgan fingerprint density at radius 1 is 1.12 bits per heavy atom. The van der Waals surface area contributed by atoms with Crippen molar-refractivity contribution >= 4 is 87.3 Å². The van der Waals surface area contributed by atoms with Crippen molar-refractivity contribution in [3.05, 3.63) is 72.4 Å². The van der Waals surface area contributed by atoms with Crippen LogP contribution in [0.2, 0.25) is 25.1 Å². The van der Waals surface area contributed by atoms with E-state index in [0.29, 0.717) is 23.2 Å². The van der Waals surface area contributed by atoms with Gasteiger partial charge in [0.25, 0.3) is 5.91 Å². The highest BCUT2D eigenvalue weighted by Gasteiger charge is 2.31. The van der Waals surface area contributed by atoms with E-state index in [1.807, 2.05) is 13.1 Å². The maximum absolute atomic E-state index is 12.8. The third-order valence-electron chi connectivity index (χ3n) is 4.81. The number of carbonyl (C=O) groups is 1. The largest absolute Gasteiger partial charge is 0.482 e. The molecule has 1 amide bonds. The van der Waals surface area contributed by atoms with E-state index in [1.54, 1.807) is 29.1 Å². The highest BCUT2D eigenvalue weighted by molar-refractivity contribution is 7.80. The third-order valence-corrected chi connectivity index (χ3v) is 7.38. The Morgan fingerprint density at radius 2 is 1.79 bits per heavy atom. The Labute approximate surface area is 225 Å². The molecular weight excluding hydrogens is 566 g/mol. The van der Waals surface area contributed by atoms with Crippen LogP contribution in [0.4, 0.5) is 0 Å². The molecule has 0 saturated carbocycles. The van der Waals surface area contributed by atoms with Crippen LogP contribution in [-0.2, 0) is 24.5 Å². The summed E-state index contributed by atoms with van der Waals surface area (Å²) in [5, 5.41) is 7.61. The second kappa shape index (κ2) is 10.4. The lowest BCUT2D eigenvalue weighted by Gasteiger charge is -2.12. The first-order valence-electron chi connectivity index (χ1n) is 9.78. The van der Waals surface area contributed by atoms with E-state index in [1.165, 1.54) is 4.90 Å². The Morgan fingerprint density at radius 3 is 2.44 bits per heavy atom. The molecule has 3 heterocycles. The van der Waals surface area contributed by atoms with Crippen LogP contribution in [0.3, 0.4) is 0 Å². The Bertz CT molecular complexity index is 1290. The third kappa shape index (κ3) is 5.03. The Balaban J connectivity index is 1.45. The van der Waals surface area contributed by atoms with Gasteiger partial charge < -0.3 is 14.5 Å². The zero-order chi connectivity index (χ0) is 24.6. The van der Waals surface area contributed by atoms with E-state index in [4.69, 9.17) is 79.4 Å². The molecule has 1 fully saturated rings. The van der Waals surface area contributed by atoms with E-state index < -0.39 is 0 Å². The summed E-state index contributed by atoms with van der Waals surface area (Å²) in [7, 11) is 0. The predicted molar refractivity (Wildman–Crippen MR) is 137 cm³/mol. The van der Waals surface area contributed by atoms with Crippen molar-refractivity contribution in [2.24, 2.45) is 0 Å². The summed E-state index contributed by atoms with van der Waals surface area (Å²) < 4.78 is 13.2. The summed E-state index contributed by atoms with van der Waals surface area (Å²) in [5.41, 5.74) is 1.16. The monoisotopic (exact) mass is 578 g/mol. The van der Waals surface area contributed by atoms with Gasteiger partial charge >= 0.3 is 0 Å². The summed E-state index contributed by atoms with van der Waals surface area (Å²) >= 11 is 35.8. The number of carbonyl (C=O) groups excluding carboxylic acids is 1. The van der Waals surface area contributed by atoms with E-state index in [-0.39, 0.29) is 49.1 Å². The number of halogens is 5. The molecule has 0 bridgehead atoms. The zero-order valence-corrected chi connectivity index (χ0v) is 22.0. The number of benzene rings is 1. The van der Waals surface area contributed by atoms with E-state index >= 15 is 0 Å². The van der Waals surface area contributed by atoms with Gasteiger partial charge in [-0.25, -0.2) is 0 Å². The summed E-state index contributed by atoms with van der Waals surface area (Å²) in [6.07, 6.45) is 5.14. The number of thiocarbonyl (C=S) groups is 1. The molecule has 1 aromatic carbocycles. The maximum atomic E-state index is 12.8. The summed E-state index contributed by atoms with van der Waals surface area (Å²) in [4.78, 5) is 14.3. The summed E-state index contributed by atoms with van der Waals surface area (Å²) in [6.45, 7) is 3.01. The van der Waals surface area contributed by atoms with Crippen molar-refractivity contribution in [2.75, 3.05) is 0 Å². The molecular formula is C21H15Cl5N4O3S. The van der Waals surface area contributed by atoms with Crippen molar-refractivity contribution < 1.29 is 13.9 Å². The second-order valence-electron chi connectivity index (χ2n) is 7.08. The molecule has 0 radical (unpaired) electrons.